The van der Waals surface area contributed by atoms with Gasteiger partial charge in [-0.1, -0.05) is 49.2 Å². The van der Waals surface area contributed by atoms with Gasteiger partial charge in [-0.15, -0.1) is 0 Å². The molecule has 2 aromatic heterocycles. The van der Waals surface area contributed by atoms with E-state index in [0.717, 1.165) is 29.0 Å². The summed E-state index contributed by atoms with van der Waals surface area (Å²) in [7, 11) is 0. The first-order valence-corrected chi connectivity index (χ1v) is 13.4. The van der Waals surface area contributed by atoms with Crippen molar-refractivity contribution in [2.24, 2.45) is 0 Å². The van der Waals surface area contributed by atoms with Gasteiger partial charge in [0, 0.05) is 39.5 Å². The van der Waals surface area contributed by atoms with Crippen LogP contribution in [0, 0.1) is 5.82 Å². The van der Waals surface area contributed by atoms with Crippen LogP contribution in [0.5, 0.6) is 0 Å². The molecule has 2 N–H and O–H groups in total. The number of hydrogen-bond acceptors (Lipinski definition) is 7. The van der Waals surface area contributed by atoms with Crippen molar-refractivity contribution < 1.29 is 4.39 Å². The Morgan fingerprint density at radius 1 is 0.857 bits per heavy atom. The van der Waals surface area contributed by atoms with Crippen molar-refractivity contribution in [1.82, 2.24) is 15.0 Å². The maximum atomic E-state index is 15.0. The van der Waals surface area contributed by atoms with Crippen molar-refractivity contribution in [3.8, 4) is 11.3 Å². The fourth-order valence-electron chi connectivity index (χ4n) is 4.03. The summed E-state index contributed by atoms with van der Waals surface area (Å²) in [5, 5.41) is 4.18. The van der Waals surface area contributed by atoms with Crippen LogP contribution >= 0.6 is 23.7 Å². The molecule has 0 aliphatic heterocycles. The second-order valence-electron chi connectivity index (χ2n) is 8.37. The van der Waals surface area contributed by atoms with Crippen LogP contribution in [-0.2, 0) is 0 Å². The van der Waals surface area contributed by atoms with Gasteiger partial charge in [-0.2, -0.15) is 0 Å². The highest BCUT2D eigenvalue weighted by Gasteiger charge is 2.16. The molecule has 1 saturated carbocycles. The number of benzene rings is 2. The lowest BCUT2D eigenvalue weighted by Crippen LogP contribution is -2.23. The van der Waals surface area contributed by atoms with Crippen molar-refractivity contribution in [2.75, 3.05) is 10.0 Å². The summed E-state index contributed by atoms with van der Waals surface area (Å²) < 4.78 is 18.2. The average molecular weight is 504 g/mol. The number of pyridine rings is 1. The summed E-state index contributed by atoms with van der Waals surface area (Å²) in [5.41, 5.74) is 2.33. The zero-order valence-corrected chi connectivity index (χ0v) is 20.8. The molecule has 5 rings (SSSR count). The summed E-state index contributed by atoms with van der Waals surface area (Å²) in [5.74, 6) is 0.333. The van der Waals surface area contributed by atoms with Gasteiger partial charge in [0.1, 0.15) is 10.8 Å². The normalized spacial score (nSPS) is 14.0. The van der Waals surface area contributed by atoms with E-state index < -0.39 is 0 Å². The first-order valence-electron chi connectivity index (χ1n) is 11.7. The summed E-state index contributed by atoms with van der Waals surface area (Å²) in [4.78, 5) is 15.3. The van der Waals surface area contributed by atoms with Crippen molar-refractivity contribution >= 4 is 35.3 Å². The molecule has 0 amide bonds. The molecule has 1 fully saturated rings. The Morgan fingerprint density at radius 2 is 1.71 bits per heavy atom. The standard InChI is InChI=1S/C27H26FN5S2/c28-23-18-20(33-35-21-10-5-2-6-11-21)13-14-25(23)34-26-22(12-7-16-29-26)24-15-17-30-27(32-24)31-19-8-3-1-4-9-19/h2,5-7,10-19,33H,1,3-4,8-9H2,(H,30,31,32). The van der Waals surface area contributed by atoms with E-state index in [2.05, 4.69) is 20.0 Å². The molecule has 8 heteroatoms. The number of aromatic nitrogens is 3. The van der Waals surface area contributed by atoms with Gasteiger partial charge in [-0.25, -0.2) is 19.3 Å². The molecule has 0 spiro atoms. The third-order valence-electron chi connectivity index (χ3n) is 5.81. The summed E-state index contributed by atoms with van der Waals surface area (Å²) in [6, 6.07) is 21.2. The van der Waals surface area contributed by atoms with Crippen LogP contribution in [0.1, 0.15) is 32.1 Å². The quantitative estimate of drug-likeness (QED) is 0.239. The fourth-order valence-corrected chi connectivity index (χ4v) is 5.59. The summed E-state index contributed by atoms with van der Waals surface area (Å²) >= 11 is 2.75. The average Bonchev–Trinajstić information content (AvgIpc) is 2.90. The van der Waals surface area contributed by atoms with Gasteiger partial charge in [-0.05, 0) is 73.3 Å². The third kappa shape index (κ3) is 6.32. The van der Waals surface area contributed by atoms with Gasteiger partial charge in [0.2, 0.25) is 5.95 Å². The highest BCUT2D eigenvalue weighted by Crippen LogP contribution is 2.36. The molecule has 4 aromatic rings. The number of rotatable bonds is 8. The number of halogens is 1. The fraction of sp³-hybridized carbons (Fsp3) is 0.222. The van der Waals surface area contributed by atoms with E-state index in [1.807, 2.05) is 54.6 Å². The van der Waals surface area contributed by atoms with Gasteiger partial charge in [-0.3, -0.25) is 0 Å². The highest BCUT2D eigenvalue weighted by atomic mass is 32.2. The molecular weight excluding hydrogens is 477 g/mol. The second-order valence-corrected chi connectivity index (χ2v) is 10.3. The van der Waals surface area contributed by atoms with E-state index in [4.69, 9.17) is 4.98 Å². The number of hydrogen-bond donors (Lipinski definition) is 2. The summed E-state index contributed by atoms with van der Waals surface area (Å²) in [6.07, 6.45) is 9.57. The number of anilines is 2. The maximum absolute atomic E-state index is 15.0. The second kappa shape index (κ2) is 11.6. The highest BCUT2D eigenvalue weighted by molar-refractivity contribution is 8.00. The van der Waals surface area contributed by atoms with E-state index in [1.165, 1.54) is 49.0 Å². The molecule has 2 heterocycles. The predicted molar refractivity (Wildman–Crippen MR) is 142 cm³/mol. The monoisotopic (exact) mass is 503 g/mol. The largest absolute Gasteiger partial charge is 0.351 e. The Balaban J connectivity index is 1.31. The Hall–Kier alpha value is -3.10. The van der Waals surface area contributed by atoms with E-state index >= 15 is 0 Å². The van der Waals surface area contributed by atoms with Crippen molar-refractivity contribution in [2.45, 2.75) is 53.0 Å². The zero-order valence-electron chi connectivity index (χ0n) is 19.2. The maximum Gasteiger partial charge on any atom is 0.223 e. The molecule has 35 heavy (non-hydrogen) atoms. The van der Waals surface area contributed by atoms with Crippen LogP contribution in [0.3, 0.4) is 0 Å². The van der Waals surface area contributed by atoms with E-state index in [1.54, 1.807) is 18.5 Å². The van der Waals surface area contributed by atoms with Gasteiger partial charge >= 0.3 is 0 Å². The van der Waals surface area contributed by atoms with Crippen LogP contribution in [0.15, 0.2) is 93.9 Å². The third-order valence-corrected chi connectivity index (χ3v) is 7.72. The van der Waals surface area contributed by atoms with Crippen LogP contribution in [0.25, 0.3) is 11.3 Å². The molecule has 178 valence electrons. The van der Waals surface area contributed by atoms with E-state index in [-0.39, 0.29) is 5.82 Å². The molecule has 0 radical (unpaired) electrons. The lowest BCUT2D eigenvalue weighted by atomic mass is 9.96. The molecule has 0 saturated heterocycles. The minimum Gasteiger partial charge on any atom is -0.351 e. The minimum absolute atomic E-state index is 0.299. The zero-order chi connectivity index (χ0) is 23.9. The lowest BCUT2D eigenvalue weighted by Gasteiger charge is -2.22. The van der Waals surface area contributed by atoms with Crippen LogP contribution < -0.4 is 10.0 Å². The van der Waals surface area contributed by atoms with E-state index in [9.17, 15) is 4.39 Å². The first-order chi connectivity index (χ1) is 17.2. The lowest BCUT2D eigenvalue weighted by molar-refractivity contribution is 0.461. The van der Waals surface area contributed by atoms with Gasteiger partial charge in [0.15, 0.2) is 0 Å². The SMILES string of the molecule is Fc1cc(NSc2ccccc2)ccc1Sc1ncccc1-c1ccnc(NC2CCCCC2)n1. The molecule has 5 nitrogen and oxygen atoms in total. The molecule has 1 aliphatic rings. The topological polar surface area (TPSA) is 62.7 Å². The van der Waals surface area contributed by atoms with Gasteiger partial charge in [0.25, 0.3) is 0 Å². The summed E-state index contributed by atoms with van der Waals surface area (Å²) in [6.45, 7) is 0. The van der Waals surface area contributed by atoms with Crippen LogP contribution in [0.4, 0.5) is 16.0 Å². The van der Waals surface area contributed by atoms with Crippen LogP contribution in [0.2, 0.25) is 0 Å². The van der Waals surface area contributed by atoms with Crippen molar-refractivity contribution in [3.05, 3.63) is 84.9 Å². The van der Waals surface area contributed by atoms with Gasteiger partial charge < -0.3 is 10.0 Å². The number of nitrogens with zero attached hydrogens (tertiary/aromatic N) is 3. The Kier molecular flexibility index (Phi) is 7.80. The molecule has 0 bridgehead atoms. The van der Waals surface area contributed by atoms with E-state index in [0.29, 0.717) is 27.6 Å². The van der Waals surface area contributed by atoms with Gasteiger partial charge in [0.05, 0.1) is 5.69 Å². The molecule has 0 unspecified atom stereocenters. The van der Waals surface area contributed by atoms with Crippen molar-refractivity contribution in [1.29, 1.82) is 0 Å². The minimum atomic E-state index is -0.299. The Bertz CT molecular complexity index is 1270. The van der Waals surface area contributed by atoms with Crippen LogP contribution in [-0.4, -0.2) is 21.0 Å². The Labute approximate surface area is 213 Å². The number of nitrogens with one attached hydrogen (secondary N) is 2. The molecule has 0 atom stereocenters. The van der Waals surface area contributed by atoms with Crippen molar-refractivity contribution in [3.63, 3.8) is 0 Å². The smallest absolute Gasteiger partial charge is 0.223 e. The first kappa shape index (κ1) is 23.6. The molecule has 2 aromatic carbocycles. The molecular formula is C27H26FN5S2. The molecule has 1 aliphatic carbocycles. The Morgan fingerprint density at radius 3 is 2.54 bits per heavy atom. The predicted octanol–water partition coefficient (Wildman–Crippen LogP) is 7.69.